The van der Waals surface area contributed by atoms with Crippen molar-refractivity contribution in [2.45, 2.75) is 13.3 Å². The zero-order valence-corrected chi connectivity index (χ0v) is 16.8. The molecule has 0 atom stereocenters. The largest absolute Gasteiger partial charge is 0.480 e. The standard InChI is InChI=1S/C17H30N4O8/c1-3-13(22)8-20(11-16(26)27)6-4-19(10-15(24)25)5-7-21(12-17(28)29)9-14(23)18-2/h3-12H2,1-2H3,(H,18,23)(H,24,25)(H,26,27)(H,28,29). The summed E-state index contributed by atoms with van der Waals surface area (Å²) in [5.41, 5.74) is 0. The van der Waals surface area contributed by atoms with Crippen molar-refractivity contribution < 1.29 is 39.3 Å². The van der Waals surface area contributed by atoms with E-state index in [1.165, 1.54) is 21.7 Å². The number of rotatable bonds is 17. The summed E-state index contributed by atoms with van der Waals surface area (Å²) >= 11 is 0. The number of carboxylic acid groups (broad SMARTS) is 3. The fourth-order valence-corrected chi connectivity index (χ4v) is 2.48. The first-order chi connectivity index (χ1) is 13.6. The van der Waals surface area contributed by atoms with Gasteiger partial charge in [-0.15, -0.1) is 0 Å². The number of ketones is 1. The van der Waals surface area contributed by atoms with Gasteiger partial charge in [0.1, 0.15) is 5.78 Å². The van der Waals surface area contributed by atoms with E-state index in [1.54, 1.807) is 6.92 Å². The normalized spacial score (nSPS) is 11.1. The van der Waals surface area contributed by atoms with Crippen LogP contribution in [-0.4, -0.2) is 126 Å². The van der Waals surface area contributed by atoms with Gasteiger partial charge in [0, 0.05) is 39.6 Å². The molecule has 0 unspecified atom stereocenters. The minimum absolute atomic E-state index is 0.0501. The second kappa shape index (κ2) is 14.4. The van der Waals surface area contributed by atoms with Gasteiger partial charge in [0.05, 0.1) is 32.7 Å². The van der Waals surface area contributed by atoms with Gasteiger partial charge in [0.2, 0.25) is 5.91 Å². The molecule has 1 amide bonds. The average molecular weight is 418 g/mol. The third-order valence-electron chi connectivity index (χ3n) is 3.98. The van der Waals surface area contributed by atoms with Crippen molar-refractivity contribution >= 4 is 29.6 Å². The van der Waals surface area contributed by atoms with E-state index in [1.807, 2.05) is 0 Å². The summed E-state index contributed by atoms with van der Waals surface area (Å²) in [6, 6.07) is 0. The van der Waals surface area contributed by atoms with E-state index in [9.17, 15) is 24.0 Å². The number of amides is 1. The fourth-order valence-electron chi connectivity index (χ4n) is 2.48. The molecule has 0 aliphatic carbocycles. The number of nitrogens with zero attached hydrogens (tertiary/aromatic N) is 3. The van der Waals surface area contributed by atoms with E-state index in [-0.39, 0.29) is 77.0 Å². The van der Waals surface area contributed by atoms with Crippen molar-refractivity contribution in [1.82, 2.24) is 20.0 Å². The summed E-state index contributed by atoms with van der Waals surface area (Å²) < 4.78 is 0. The van der Waals surface area contributed by atoms with Crippen LogP contribution in [0.3, 0.4) is 0 Å². The average Bonchev–Trinajstić information content (AvgIpc) is 2.61. The number of Topliss-reactive ketones (excluding diaryl/α,β-unsaturated/α-hetero) is 1. The molecule has 0 saturated carbocycles. The van der Waals surface area contributed by atoms with Gasteiger partial charge in [0.15, 0.2) is 0 Å². The van der Waals surface area contributed by atoms with Crippen LogP contribution < -0.4 is 5.32 Å². The third kappa shape index (κ3) is 14.1. The number of carbonyl (C=O) groups excluding carboxylic acids is 2. The lowest BCUT2D eigenvalue weighted by Gasteiger charge is -2.27. The Morgan fingerprint density at radius 2 is 1.03 bits per heavy atom. The minimum atomic E-state index is -1.12. The molecule has 4 N–H and O–H groups in total. The van der Waals surface area contributed by atoms with Gasteiger partial charge in [-0.3, -0.25) is 38.7 Å². The quantitative estimate of drug-likeness (QED) is 0.204. The molecule has 12 heteroatoms. The number of likely N-dealkylation sites (N-methyl/N-ethyl adjacent to an activating group) is 1. The molecular formula is C17H30N4O8. The third-order valence-corrected chi connectivity index (χ3v) is 3.98. The Morgan fingerprint density at radius 1 is 0.655 bits per heavy atom. The molecule has 0 aromatic heterocycles. The maximum Gasteiger partial charge on any atom is 0.317 e. The summed E-state index contributed by atoms with van der Waals surface area (Å²) in [7, 11) is 1.42. The summed E-state index contributed by atoms with van der Waals surface area (Å²) in [6.07, 6.45) is 0.263. The van der Waals surface area contributed by atoms with E-state index in [4.69, 9.17) is 15.3 Å². The lowest BCUT2D eigenvalue weighted by molar-refractivity contribution is -0.141. The molecule has 29 heavy (non-hydrogen) atoms. The second-order valence-electron chi connectivity index (χ2n) is 6.44. The van der Waals surface area contributed by atoms with Gasteiger partial charge in [-0.2, -0.15) is 0 Å². The van der Waals surface area contributed by atoms with Crippen LogP contribution in [0.5, 0.6) is 0 Å². The Morgan fingerprint density at radius 3 is 1.41 bits per heavy atom. The van der Waals surface area contributed by atoms with Crippen molar-refractivity contribution in [2.75, 3.05) is 66.0 Å². The first-order valence-corrected chi connectivity index (χ1v) is 9.12. The van der Waals surface area contributed by atoms with Crippen LogP contribution in [0.15, 0.2) is 0 Å². The predicted molar refractivity (Wildman–Crippen MR) is 102 cm³/mol. The van der Waals surface area contributed by atoms with Gasteiger partial charge < -0.3 is 20.6 Å². The molecule has 0 aliphatic heterocycles. The van der Waals surface area contributed by atoms with Gasteiger partial charge >= 0.3 is 17.9 Å². The van der Waals surface area contributed by atoms with Crippen LogP contribution in [-0.2, 0) is 24.0 Å². The number of carboxylic acids is 3. The highest BCUT2D eigenvalue weighted by Gasteiger charge is 2.19. The predicted octanol–water partition coefficient (Wildman–Crippen LogP) is -2.13. The lowest BCUT2D eigenvalue weighted by atomic mass is 10.3. The number of hydrogen-bond acceptors (Lipinski definition) is 8. The van der Waals surface area contributed by atoms with Crippen LogP contribution in [0.25, 0.3) is 0 Å². The second-order valence-corrected chi connectivity index (χ2v) is 6.44. The number of carbonyl (C=O) groups is 5. The summed E-state index contributed by atoms with van der Waals surface area (Å²) in [5.74, 6) is -3.83. The molecule has 0 aliphatic rings. The molecule has 0 radical (unpaired) electrons. The number of hydrogen-bond donors (Lipinski definition) is 4. The van der Waals surface area contributed by atoms with Crippen LogP contribution in [0.4, 0.5) is 0 Å². The Balaban J connectivity index is 4.95. The maximum absolute atomic E-state index is 11.6. The van der Waals surface area contributed by atoms with E-state index < -0.39 is 17.9 Å². The van der Waals surface area contributed by atoms with E-state index in [0.717, 1.165) is 0 Å². The molecule has 0 heterocycles. The highest BCUT2D eigenvalue weighted by atomic mass is 16.4. The van der Waals surface area contributed by atoms with E-state index >= 15 is 0 Å². The SMILES string of the molecule is CCC(=O)CN(CCN(CCN(CC(=O)O)CC(=O)NC)CC(=O)O)CC(=O)O. The molecule has 0 rings (SSSR count). The molecule has 0 fully saturated rings. The topological polar surface area (TPSA) is 168 Å². The maximum atomic E-state index is 11.6. The zero-order valence-electron chi connectivity index (χ0n) is 16.8. The summed E-state index contributed by atoms with van der Waals surface area (Å²) in [4.78, 5) is 60.5. The van der Waals surface area contributed by atoms with Crippen molar-refractivity contribution in [2.24, 2.45) is 0 Å². The summed E-state index contributed by atoms with van der Waals surface area (Å²) in [6.45, 7) is 0.978. The fraction of sp³-hybridized carbons (Fsp3) is 0.706. The highest BCUT2D eigenvalue weighted by molar-refractivity contribution is 5.81. The molecule has 166 valence electrons. The molecule has 0 aromatic carbocycles. The van der Waals surface area contributed by atoms with Crippen LogP contribution >= 0.6 is 0 Å². The Labute approximate surface area is 169 Å². The van der Waals surface area contributed by atoms with E-state index in [0.29, 0.717) is 0 Å². The molecule has 0 spiro atoms. The summed E-state index contributed by atoms with van der Waals surface area (Å²) in [5, 5.41) is 29.5. The molecule has 0 saturated heterocycles. The van der Waals surface area contributed by atoms with Gasteiger partial charge in [-0.05, 0) is 0 Å². The molecule has 12 nitrogen and oxygen atoms in total. The van der Waals surface area contributed by atoms with Crippen molar-refractivity contribution in [3.8, 4) is 0 Å². The highest BCUT2D eigenvalue weighted by Crippen LogP contribution is 1.98. The first-order valence-electron chi connectivity index (χ1n) is 9.12. The zero-order chi connectivity index (χ0) is 22.4. The number of aliphatic carboxylic acids is 3. The van der Waals surface area contributed by atoms with Crippen molar-refractivity contribution in [1.29, 1.82) is 0 Å². The Hall–Kier alpha value is -2.57. The Bertz CT molecular complexity index is 542. The number of nitrogens with one attached hydrogen (secondary N) is 1. The van der Waals surface area contributed by atoms with Crippen LogP contribution in [0.1, 0.15) is 13.3 Å². The van der Waals surface area contributed by atoms with Crippen molar-refractivity contribution in [3.05, 3.63) is 0 Å². The molecule has 0 aromatic rings. The smallest absolute Gasteiger partial charge is 0.317 e. The van der Waals surface area contributed by atoms with Gasteiger partial charge in [-0.1, -0.05) is 6.92 Å². The minimum Gasteiger partial charge on any atom is -0.480 e. The monoisotopic (exact) mass is 418 g/mol. The van der Waals surface area contributed by atoms with Gasteiger partial charge in [-0.25, -0.2) is 0 Å². The lowest BCUT2D eigenvalue weighted by Crippen LogP contribution is -2.46. The van der Waals surface area contributed by atoms with Crippen molar-refractivity contribution in [3.63, 3.8) is 0 Å². The van der Waals surface area contributed by atoms with Crippen LogP contribution in [0.2, 0.25) is 0 Å². The van der Waals surface area contributed by atoms with Gasteiger partial charge in [0.25, 0.3) is 0 Å². The van der Waals surface area contributed by atoms with Crippen LogP contribution in [0, 0.1) is 0 Å². The van der Waals surface area contributed by atoms with E-state index in [2.05, 4.69) is 5.32 Å². The Kier molecular flexibility index (Phi) is 13.2. The molecule has 0 bridgehead atoms. The first kappa shape index (κ1) is 26.4. The molecular weight excluding hydrogens is 388 g/mol.